The van der Waals surface area contributed by atoms with Crippen molar-refractivity contribution in [3.05, 3.63) is 35.9 Å². The number of ketones is 1. The second-order valence-electron chi connectivity index (χ2n) is 11.8. The number of anilines is 1. The maximum Gasteiger partial charge on any atom is 0.321 e. The number of epoxide rings is 2. The van der Waals surface area contributed by atoms with E-state index in [0.717, 1.165) is 17.7 Å². The molecule has 11 nitrogen and oxygen atoms in total. The summed E-state index contributed by atoms with van der Waals surface area (Å²) in [7, 11) is 1.64. The van der Waals surface area contributed by atoms with Gasteiger partial charge in [0.05, 0.1) is 36.2 Å². The van der Waals surface area contributed by atoms with E-state index < -0.39 is 17.5 Å². The predicted molar refractivity (Wildman–Crippen MR) is 162 cm³/mol. The third kappa shape index (κ3) is 8.66. The lowest BCUT2D eigenvalue weighted by atomic mass is 9.67. The highest BCUT2D eigenvalue weighted by Gasteiger charge is 2.71. The van der Waals surface area contributed by atoms with Crippen LogP contribution < -0.4 is 16.0 Å². The van der Waals surface area contributed by atoms with Gasteiger partial charge < -0.3 is 29.6 Å². The number of thioether (sulfide) groups is 1. The Morgan fingerprint density at radius 1 is 1.12 bits per heavy atom. The van der Waals surface area contributed by atoms with Gasteiger partial charge in [-0.25, -0.2) is 4.79 Å². The number of methoxy groups -OCH3 is 1. The van der Waals surface area contributed by atoms with Crippen molar-refractivity contribution in [1.29, 1.82) is 0 Å². The lowest BCUT2D eigenvalue weighted by Gasteiger charge is -2.43. The molecule has 43 heavy (non-hydrogen) atoms. The molecule has 6 atom stereocenters. The topological polar surface area (TPSA) is 148 Å². The molecule has 0 radical (unpaired) electrons. The zero-order valence-corrected chi connectivity index (χ0v) is 26.3. The van der Waals surface area contributed by atoms with Crippen molar-refractivity contribution in [2.24, 2.45) is 5.92 Å². The molecule has 1 saturated carbocycles. The molecule has 1 spiro atoms. The monoisotopic (exact) mass is 617 g/mol. The van der Waals surface area contributed by atoms with Crippen LogP contribution in [0.1, 0.15) is 53.4 Å². The van der Waals surface area contributed by atoms with Gasteiger partial charge in [0.1, 0.15) is 18.8 Å². The standard InChI is InChI=1S/C31H43N3O8S/c1-6-21(35)15-40-16-25(36)32-20-8-10-22(11-9-20)43-17-26(37)34-29(38)33-23-13-14-31(18-41-31)28(27(23)39-5)30(4)24(42-30)12-7-19(2)3/h7-11,23-24,27-28H,6,12-18H2,1-5H3,(H,32,36)(H2,33,34,37,38)/t23-,24-,27-,28-,30?,31+/m1/s1. The van der Waals surface area contributed by atoms with E-state index in [2.05, 4.69) is 42.8 Å². The fourth-order valence-electron chi connectivity index (χ4n) is 5.85. The number of hydrogen-bond acceptors (Lipinski definition) is 9. The van der Waals surface area contributed by atoms with Gasteiger partial charge in [-0.3, -0.25) is 19.7 Å². The van der Waals surface area contributed by atoms with E-state index in [1.54, 1.807) is 38.3 Å². The van der Waals surface area contributed by atoms with Crippen molar-refractivity contribution in [3.8, 4) is 0 Å². The van der Waals surface area contributed by atoms with Gasteiger partial charge in [0.25, 0.3) is 0 Å². The third-order valence-electron chi connectivity index (χ3n) is 8.26. The van der Waals surface area contributed by atoms with Crippen LogP contribution in [0.5, 0.6) is 0 Å². The summed E-state index contributed by atoms with van der Waals surface area (Å²) in [6, 6.07) is 6.08. The molecule has 0 bridgehead atoms. The van der Waals surface area contributed by atoms with Gasteiger partial charge in [-0.05, 0) is 64.3 Å². The van der Waals surface area contributed by atoms with E-state index in [1.165, 1.54) is 17.3 Å². The van der Waals surface area contributed by atoms with Crippen LogP contribution in [-0.2, 0) is 33.3 Å². The first-order valence-corrected chi connectivity index (χ1v) is 15.7. The number of allylic oxidation sites excluding steroid dienone is 1. The van der Waals surface area contributed by atoms with Gasteiger partial charge in [0.15, 0.2) is 5.78 Å². The number of benzene rings is 1. The molecule has 0 aromatic heterocycles. The highest BCUT2D eigenvalue weighted by Crippen LogP contribution is 2.59. The quantitative estimate of drug-likeness (QED) is 0.162. The molecule has 2 saturated heterocycles. The molecule has 236 valence electrons. The van der Waals surface area contributed by atoms with E-state index in [1.807, 2.05) is 0 Å². The number of urea groups is 1. The van der Waals surface area contributed by atoms with Crippen molar-refractivity contribution in [1.82, 2.24) is 10.6 Å². The predicted octanol–water partition coefficient (Wildman–Crippen LogP) is 3.62. The van der Waals surface area contributed by atoms with E-state index >= 15 is 0 Å². The summed E-state index contributed by atoms with van der Waals surface area (Å²) >= 11 is 1.27. The van der Waals surface area contributed by atoms with Crippen LogP contribution in [0.2, 0.25) is 0 Å². The first-order chi connectivity index (χ1) is 20.5. The number of nitrogens with one attached hydrogen (secondary N) is 3. The molecule has 3 N–H and O–H groups in total. The molecule has 1 unspecified atom stereocenters. The van der Waals surface area contributed by atoms with Crippen molar-refractivity contribution < 1.29 is 38.1 Å². The average Bonchev–Trinajstić information content (AvgIpc) is 3.88. The minimum Gasteiger partial charge on any atom is -0.379 e. The van der Waals surface area contributed by atoms with E-state index in [4.69, 9.17) is 18.9 Å². The van der Waals surface area contributed by atoms with Gasteiger partial charge in [-0.15, -0.1) is 11.8 Å². The highest BCUT2D eigenvalue weighted by atomic mass is 32.2. The van der Waals surface area contributed by atoms with Crippen LogP contribution in [0.4, 0.5) is 10.5 Å². The second kappa shape index (κ2) is 14.3. The largest absolute Gasteiger partial charge is 0.379 e. The van der Waals surface area contributed by atoms with Gasteiger partial charge in [-0.2, -0.15) is 0 Å². The average molecular weight is 618 g/mol. The normalized spacial score (nSPS) is 29.0. The maximum atomic E-state index is 12.8. The van der Waals surface area contributed by atoms with Gasteiger partial charge in [0, 0.05) is 30.0 Å². The molecule has 4 amide bonds. The summed E-state index contributed by atoms with van der Waals surface area (Å²) in [5.41, 5.74) is 1.10. The molecule has 4 rings (SSSR count). The van der Waals surface area contributed by atoms with Crippen LogP contribution in [0.15, 0.2) is 40.8 Å². The zero-order valence-electron chi connectivity index (χ0n) is 25.5. The van der Waals surface area contributed by atoms with Crippen LogP contribution in [0.3, 0.4) is 0 Å². The molecular weight excluding hydrogens is 574 g/mol. The van der Waals surface area contributed by atoms with Gasteiger partial charge >= 0.3 is 6.03 Å². The molecule has 1 aromatic carbocycles. The fourth-order valence-corrected chi connectivity index (χ4v) is 6.55. The molecule has 3 fully saturated rings. The molecule has 2 aliphatic heterocycles. The Morgan fingerprint density at radius 3 is 2.47 bits per heavy atom. The van der Waals surface area contributed by atoms with Gasteiger partial charge in [0.2, 0.25) is 11.8 Å². The number of Topliss-reactive ketones (excluding diaryl/α,β-unsaturated/α-hetero) is 1. The van der Waals surface area contributed by atoms with Crippen molar-refractivity contribution in [3.63, 3.8) is 0 Å². The number of amides is 4. The smallest absolute Gasteiger partial charge is 0.321 e. The number of carbonyl (C=O) groups excluding carboxylic acids is 4. The molecule has 3 aliphatic rings. The first kappa shape index (κ1) is 33.1. The Kier molecular flexibility index (Phi) is 11.0. The van der Waals surface area contributed by atoms with E-state index in [9.17, 15) is 19.2 Å². The zero-order chi connectivity index (χ0) is 31.2. The Balaban J connectivity index is 1.23. The highest BCUT2D eigenvalue weighted by molar-refractivity contribution is 8.00. The van der Waals surface area contributed by atoms with E-state index in [0.29, 0.717) is 25.1 Å². The van der Waals surface area contributed by atoms with Crippen LogP contribution >= 0.6 is 11.8 Å². The minimum atomic E-state index is -0.562. The lowest BCUT2D eigenvalue weighted by Crippen LogP contribution is -2.60. The summed E-state index contributed by atoms with van der Waals surface area (Å²) in [4.78, 5) is 49.4. The van der Waals surface area contributed by atoms with Crippen LogP contribution in [-0.4, -0.2) is 85.8 Å². The van der Waals surface area contributed by atoms with E-state index in [-0.39, 0.29) is 60.4 Å². The number of rotatable bonds is 14. The number of hydrogen-bond donors (Lipinski definition) is 3. The summed E-state index contributed by atoms with van der Waals surface area (Å²) in [6.07, 6.45) is 4.56. The molecule has 2 heterocycles. The summed E-state index contributed by atoms with van der Waals surface area (Å²) in [6.45, 7) is 8.33. The van der Waals surface area contributed by atoms with Crippen LogP contribution in [0.25, 0.3) is 0 Å². The molecule has 1 aliphatic carbocycles. The lowest BCUT2D eigenvalue weighted by molar-refractivity contribution is -0.127. The van der Waals surface area contributed by atoms with Gasteiger partial charge in [-0.1, -0.05) is 18.6 Å². The third-order valence-corrected chi connectivity index (χ3v) is 9.27. The number of ether oxygens (including phenoxy) is 4. The van der Waals surface area contributed by atoms with Crippen LogP contribution in [0, 0.1) is 5.92 Å². The van der Waals surface area contributed by atoms with Crippen molar-refractivity contribution >= 4 is 41.1 Å². The Labute approximate surface area is 257 Å². The Morgan fingerprint density at radius 2 is 1.84 bits per heavy atom. The second-order valence-corrected chi connectivity index (χ2v) is 12.8. The molecule has 1 aromatic rings. The number of imide groups is 1. The first-order valence-electron chi connectivity index (χ1n) is 14.7. The number of carbonyl (C=O) groups is 4. The molecular formula is C31H43N3O8S. The Hall–Kier alpha value is -2.77. The Bertz CT molecular complexity index is 1210. The maximum absolute atomic E-state index is 12.8. The molecule has 12 heteroatoms. The minimum absolute atomic E-state index is 0.0360. The summed E-state index contributed by atoms with van der Waals surface area (Å²) in [5.74, 6) is -0.871. The van der Waals surface area contributed by atoms with Crippen molar-refractivity contribution in [2.45, 2.75) is 87.7 Å². The summed E-state index contributed by atoms with van der Waals surface area (Å²) in [5, 5.41) is 8.08. The fraction of sp³-hybridized carbons (Fsp3) is 0.613. The van der Waals surface area contributed by atoms with Crippen molar-refractivity contribution in [2.75, 3.05) is 38.0 Å². The summed E-state index contributed by atoms with van der Waals surface area (Å²) < 4.78 is 23.2. The SMILES string of the molecule is CCC(=O)COCC(=O)Nc1ccc(SCC(=O)NC(=O)N[C@@H]2CC[C@]3(CO3)[C@@H](C3(C)O[C@@H]3CC=C(C)C)[C@@H]2OC)cc1.